The van der Waals surface area contributed by atoms with Crippen LogP contribution < -0.4 is 10.1 Å². The zero-order chi connectivity index (χ0) is 20.0. The second-order valence-electron chi connectivity index (χ2n) is 5.73. The first-order valence-corrected chi connectivity index (χ1v) is 8.29. The number of rotatable bonds is 7. The lowest BCUT2D eigenvalue weighted by Gasteiger charge is -2.15. The van der Waals surface area contributed by atoms with E-state index in [0.717, 1.165) is 18.1 Å². The molecular weight excluding hydrogens is 352 g/mol. The highest BCUT2D eigenvalue weighted by Crippen LogP contribution is 2.29. The van der Waals surface area contributed by atoms with Crippen LogP contribution in [-0.4, -0.2) is 30.0 Å². The SMILES string of the molecule is CCc1ccc(NC(=O)[C@H](C)Oc2ccc(C(=O)OC)cc2[N+](=O)[O-])cc1. The Morgan fingerprint density at radius 2 is 1.85 bits per heavy atom. The van der Waals surface area contributed by atoms with Gasteiger partial charge in [0.15, 0.2) is 11.9 Å². The minimum atomic E-state index is -0.987. The molecule has 0 aliphatic rings. The van der Waals surface area contributed by atoms with E-state index in [4.69, 9.17) is 4.74 Å². The number of esters is 1. The molecule has 0 saturated carbocycles. The van der Waals surface area contributed by atoms with E-state index in [0.29, 0.717) is 5.69 Å². The third-order valence-electron chi connectivity index (χ3n) is 3.88. The number of nitro groups is 1. The molecule has 8 heteroatoms. The van der Waals surface area contributed by atoms with Crippen LogP contribution in [0.5, 0.6) is 5.75 Å². The Morgan fingerprint density at radius 3 is 2.41 bits per heavy atom. The first-order valence-electron chi connectivity index (χ1n) is 8.29. The van der Waals surface area contributed by atoms with E-state index in [9.17, 15) is 19.7 Å². The van der Waals surface area contributed by atoms with E-state index in [-0.39, 0.29) is 11.3 Å². The lowest BCUT2D eigenvalue weighted by atomic mass is 10.1. The van der Waals surface area contributed by atoms with Crippen molar-refractivity contribution in [1.29, 1.82) is 0 Å². The predicted molar refractivity (Wildman–Crippen MR) is 99.0 cm³/mol. The third-order valence-corrected chi connectivity index (χ3v) is 3.88. The van der Waals surface area contributed by atoms with Crippen molar-refractivity contribution in [2.75, 3.05) is 12.4 Å². The van der Waals surface area contributed by atoms with Crippen molar-refractivity contribution in [2.45, 2.75) is 26.4 Å². The van der Waals surface area contributed by atoms with E-state index < -0.39 is 28.6 Å². The Morgan fingerprint density at radius 1 is 1.19 bits per heavy atom. The number of hydrogen-bond donors (Lipinski definition) is 1. The van der Waals surface area contributed by atoms with Gasteiger partial charge in [-0.05, 0) is 43.2 Å². The summed E-state index contributed by atoms with van der Waals surface area (Å²) in [6.07, 6.45) is -0.0996. The molecule has 2 aromatic rings. The number of hydrogen-bond acceptors (Lipinski definition) is 6. The van der Waals surface area contributed by atoms with Crippen molar-refractivity contribution >= 4 is 23.3 Å². The van der Waals surface area contributed by atoms with E-state index >= 15 is 0 Å². The average Bonchev–Trinajstić information content (AvgIpc) is 2.67. The Labute approximate surface area is 156 Å². The molecule has 0 radical (unpaired) electrons. The quantitative estimate of drug-likeness (QED) is 0.454. The van der Waals surface area contributed by atoms with Gasteiger partial charge in [0.05, 0.1) is 17.6 Å². The smallest absolute Gasteiger partial charge is 0.338 e. The van der Waals surface area contributed by atoms with Crippen LogP contribution in [0.25, 0.3) is 0 Å². The number of methoxy groups -OCH3 is 1. The van der Waals surface area contributed by atoms with Crippen molar-refractivity contribution in [3.05, 3.63) is 63.7 Å². The highest BCUT2D eigenvalue weighted by atomic mass is 16.6. The molecule has 142 valence electrons. The third kappa shape index (κ3) is 5.04. The van der Waals surface area contributed by atoms with Crippen molar-refractivity contribution in [2.24, 2.45) is 0 Å². The van der Waals surface area contributed by atoms with Crippen molar-refractivity contribution in [3.8, 4) is 5.75 Å². The largest absolute Gasteiger partial charge is 0.474 e. The number of benzene rings is 2. The molecule has 0 aliphatic carbocycles. The van der Waals surface area contributed by atoms with Gasteiger partial charge in [0.1, 0.15) is 0 Å². The fourth-order valence-electron chi connectivity index (χ4n) is 2.32. The highest BCUT2D eigenvalue weighted by Gasteiger charge is 2.23. The lowest BCUT2D eigenvalue weighted by Crippen LogP contribution is -2.30. The molecule has 8 nitrogen and oxygen atoms in total. The molecular formula is C19H20N2O6. The fourth-order valence-corrected chi connectivity index (χ4v) is 2.32. The number of ether oxygens (including phenoxy) is 2. The van der Waals surface area contributed by atoms with E-state index in [2.05, 4.69) is 10.1 Å². The maximum absolute atomic E-state index is 12.3. The Balaban J connectivity index is 2.13. The van der Waals surface area contributed by atoms with Crippen molar-refractivity contribution in [3.63, 3.8) is 0 Å². The van der Waals surface area contributed by atoms with Gasteiger partial charge < -0.3 is 14.8 Å². The van der Waals surface area contributed by atoms with Crippen LogP contribution >= 0.6 is 0 Å². The second kappa shape index (κ2) is 8.79. The minimum absolute atomic E-state index is 0.0182. The number of anilines is 1. The van der Waals surface area contributed by atoms with Gasteiger partial charge in [0.25, 0.3) is 5.91 Å². The highest BCUT2D eigenvalue weighted by molar-refractivity contribution is 5.94. The van der Waals surface area contributed by atoms with Gasteiger partial charge in [-0.15, -0.1) is 0 Å². The van der Waals surface area contributed by atoms with Gasteiger partial charge in [0, 0.05) is 11.8 Å². The van der Waals surface area contributed by atoms with Gasteiger partial charge >= 0.3 is 11.7 Å². The number of carbonyl (C=O) groups is 2. The van der Waals surface area contributed by atoms with Gasteiger partial charge in [-0.2, -0.15) is 0 Å². The Bertz CT molecular complexity index is 848. The summed E-state index contributed by atoms with van der Waals surface area (Å²) in [6, 6.07) is 11.0. The summed E-state index contributed by atoms with van der Waals surface area (Å²) < 4.78 is 9.99. The molecule has 1 atom stereocenters. The number of nitro benzene ring substituents is 1. The van der Waals surface area contributed by atoms with Crippen LogP contribution in [0, 0.1) is 10.1 Å². The molecule has 1 N–H and O–H groups in total. The minimum Gasteiger partial charge on any atom is -0.474 e. The average molecular weight is 372 g/mol. The lowest BCUT2D eigenvalue weighted by molar-refractivity contribution is -0.386. The monoisotopic (exact) mass is 372 g/mol. The number of aryl methyl sites for hydroxylation is 1. The summed E-state index contributed by atoms with van der Waals surface area (Å²) in [4.78, 5) is 34.4. The zero-order valence-corrected chi connectivity index (χ0v) is 15.2. The van der Waals surface area contributed by atoms with E-state index in [1.807, 2.05) is 19.1 Å². The molecule has 27 heavy (non-hydrogen) atoms. The molecule has 0 aromatic heterocycles. The summed E-state index contributed by atoms with van der Waals surface area (Å²) in [5, 5.41) is 14.0. The normalized spacial score (nSPS) is 11.4. The van der Waals surface area contributed by atoms with Crippen LogP contribution in [0.3, 0.4) is 0 Å². The molecule has 0 spiro atoms. The molecule has 1 amide bonds. The summed E-state index contributed by atoms with van der Waals surface area (Å²) in [7, 11) is 1.18. The van der Waals surface area contributed by atoms with E-state index in [1.54, 1.807) is 12.1 Å². The molecule has 0 fully saturated rings. The zero-order valence-electron chi connectivity index (χ0n) is 15.2. The van der Waals surface area contributed by atoms with Crippen molar-refractivity contribution in [1.82, 2.24) is 0 Å². The van der Waals surface area contributed by atoms with Crippen LogP contribution in [0.15, 0.2) is 42.5 Å². The van der Waals surface area contributed by atoms with Gasteiger partial charge in [0.2, 0.25) is 0 Å². The number of nitrogens with zero attached hydrogens (tertiary/aromatic N) is 1. The van der Waals surface area contributed by atoms with Crippen LogP contribution in [0.2, 0.25) is 0 Å². The van der Waals surface area contributed by atoms with E-state index in [1.165, 1.54) is 26.2 Å². The first kappa shape index (κ1) is 19.9. The van der Waals surface area contributed by atoms with Crippen LogP contribution in [0.1, 0.15) is 29.8 Å². The summed E-state index contributed by atoms with van der Waals surface area (Å²) in [5.74, 6) is -1.27. The number of amides is 1. The number of nitrogens with one attached hydrogen (secondary N) is 1. The topological polar surface area (TPSA) is 108 Å². The Hall–Kier alpha value is -3.42. The molecule has 0 heterocycles. The van der Waals surface area contributed by atoms with Gasteiger partial charge in [-0.1, -0.05) is 19.1 Å². The van der Waals surface area contributed by atoms with Crippen LogP contribution in [0.4, 0.5) is 11.4 Å². The van der Waals surface area contributed by atoms with Gasteiger partial charge in [-0.25, -0.2) is 4.79 Å². The fraction of sp³-hybridized carbons (Fsp3) is 0.263. The molecule has 2 aromatic carbocycles. The summed E-state index contributed by atoms with van der Waals surface area (Å²) in [5.41, 5.74) is 1.33. The summed E-state index contributed by atoms with van der Waals surface area (Å²) >= 11 is 0. The van der Waals surface area contributed by atoms with Gasteiger partial charge in [-0.3, -0.25) is 14.9 Å². The molecule has 0 bridgehead atoms. The van der Waals surface area contributed by atoms with Crippen LogP contribution in [-0.2, 0) is 16.0 Å². The Kier molecular flexibility index (Phi) is 6.48. The standard InChI is InChI=1S/C19H20N2O6/c1-4-13-5-8-15(9-6-13)20-18(22)12(2)27-17-10-7-14(19(23)26-3)11-16(17)21(24)25/h5-12H,4H2,1-3H3,(H,20,22)/t12-/m0/s1. The molecule has 0 aliphatic heterocycles. The number of carbonyl (C=O) groups excluding carboxylic acids is 2. The first-order chi connectivity index (χ1) is 12.8. The maximum Gasteiger partial charge on any atom is 0.338 e. The second-order valence-corrected chi connectivity index (χ2v) is 5.73. The molecule has 0 saturated heterocycles. The van der Waals surface area contributed by atoms with Crippen molar-refractivity contribution < 1.29 is 24.0 Å². The molecule has 2 rings (SSSR count). The summed E-state index contributed by atoms with van der Waals surface area (Å²) in [6.45, 7) is 3.51. The predicted octanol–water partition coefficient (Wildman–Crippen LogP) is 3.35. The molecule has 0 unspecified atom stereocenters. The maximum atomic E-state index is 12.3.